The summed E-state index contributed by atoms with van der Waals surface area (Å²) in [7, 11) is 1.69. The summed E-state index contributed by atoms with van der Waals surface area (Å²) in [4.78, 5) is 25.9. The molecule has 1 aromatic carbocycles. The number of ether oxygens (including phenoxy) is 1. The Morgan fingerprint density at radius 3 is 2.78 bits per heavy atom. The third-order valence-corrected chi connectivity index (χ3v) is 4.12. The molecule has 1 heterocycles. The number of carbonyl (C=O) groups is 2. The number of nitrogens with zero attached hydrogens (tertiary/aromatic N) is 1. The molecular formula is C17H20N2O3S. The third kappa shape index (κ3) is 5.41. The van der Waals surface area contributed by atoms with Gasteiger partial charge in [0, 0.05) is 7.05 Å². The maximum Gasteiger partial charge on any atom is 0.261 e. The number of amides is 2. The van der Waals surface area contributed by atoms with Gasteiger partial charge in [-0.2, -0.15) is 0 Å². The number of benzene rings is 1. The molecular weight excluding hydrogens is 312 g/mol. The number of nitrogens with one attached hydrogen (secondary N) is 1. The van der Waals surface area contributed by atoms with Crippen LogP contribution in [0.1, 0.15) is 15.2 Å². The van der Waals surface area contributed by atoms with Crippen LogP contribution in [0.3, 0.4) is 0 Å². The molecule has 0 saturated carbocycles. The largest absolute Gasteiger partial charge is 0.492 e. The van der Waals surface area contributed by atoms with E-state index >= 15 is 0 Å². The van der Waals surface area contributed by atoms with E-state index in [-0.39, 0.29) is 18.4 Å². The SMILES string of the molecule is Cc1cccc(OCCN(C)C(=O)CNC(=O)c2cccs2)c1. The van der Waals surface area contributed by atoms with Crippen molar-refractivity contribution < 1.29 is 14.3 Å². The molecule has 1 N–H and O–H groups in total. The van der Waals surface area contributed by atoms with E-state index in [0.717, 1.165) is 11.3 Å². The first-order valence-electron chi connectivity index (χ1n) is 7.31. The molecule has 23 heavy (non-hydrogen) atoms. The van der Waals surface area contributed by atoms with Crippen LogP contribution in [0.5, 0.6) is 5.75 Å². The molecule has 0 bridgehead atoms. The molecule has 5 nitrogen and oxygen atoms in total. The number of rotatable bonds is 7. The topological polar surface area (TPSA) is 58.6 Å². The lowest BCUT2D eigenvalue weighted by Gasteiger charge is -2.17. The first-order valence-corrected chi connectivity index (χ1v) is 8.19. The standard InChI is InChI=1S/C17H20N2O3S/c1-13-5-3-6-14(11-13)22-9-8-19(2)16(20)12-18-17(21)15-7-4-10-23-15/h3-7,10-11H,8-9,12H2,1-2H3,(H,18,21). The summed E-state index contributed by atoms with van der Waals surface area (Å²) in [6.45, 7) is 2.85. The number of aryl methyl sites for hydroxylation is 1. The number of hydrogen-bond donors (Lipinski definition) is 1. The van der Waals surface area contributed by atoms with Crippen LogP contribution in [0.4, 0.5) is 0 Å². The maximum absolute atomic E-state index is 12.0. The average Bonchev–Trinajstić information content (AvgIpc) is 3.06. The van der Waals surface area contributed by atoms with Gasteiger partial charge in [0.05, 0.1) is 18.0 Å². The van der Waals surface area contributed by atoms with E-state index in [0.29, 0.717) is 18.0 Å². The van der Waals surface area contributed by atoms with Crippen LogP contribution in [0.25, 0.3) is 0 Å². The smallest absolute Gasteiger partial charge is 0.261 e. The Bertz CT molecular complexity index is 656. The summed E-state index contributed by atoms with van der Waals surface area (Å²) in [5.41, 5.74) is 1.13. The van der Waals surface area contributed by atoms with Gasteiger partial charge in [0.15, 0.2) is 0 Å². The van der Waals surface area contributed by atoms with Gasteiger partial charge in [0.2, 0.25) is 5.91 Å². The van der Waals surface area contributed by atoms with Gasteiger partial charge in [-0.1, -0.05) is 18.2 Å². The van der Waals surface area contributed by atoms with Gasteiger partial charge in [0.1, 0.15) is 12.4 Å². The summed E-state index contributed by atoms with van der Waals surface area (Å²) in [6.07, 6.45) is 0. The molecule has 0 aliphatic rings. The lowest BCUT2D eigenvalue weighted by atomic mass is 10.2. The molecule has 2 rings (SSSR count). The highest BCUT2D eigenvalue weighted by Gasteiger charge is 2.12. The zero-order valence-electron chi connectivity index (χ0n) is 13.2. The van der Waals surface area contributed by atoms with E-state index in [1.165, 1.54) is 11.3 Å². The molecule has 6 heteroatoms. The van der Waals surface area contributed by atoms with Crippen molar-refractivity contribution >= 4 is 23.2 Å². The number of hydrogen-bond acceptors (Lipinski definition) is 4. The Balaban J connectivity index is 1.69. The fourth-order valence-corrected chi connectivity index (χ4v) is 2.56. The van der Waals surface area contributed by atoms with Crippen LogP contribution in [0, 0.1) is 6.92 Å². The summed E-state index contributed by atoms with van der Waals surface area (Å²) < 4.78 is 5.61. The Morgan fingerprint density at radius 1 is 1.26 bits per heavy atom. The van der Waals surface area contributed by atoms with Crippen LogP contribution in [-0.4, -0.2) is 43.5 Å². The normalized spacial score (nSPS) is 10.2. The van der Waals surface area contributed by atoms with Crippen LogP contribution >= 0.6 is 11.3 Å². The highest BCUT2D eigenvalue weighted by atomic mass is 32.1. The van der Waals surface area contributed by atoms with Gasteiger partial charge in [-0.25, -0.2) is 0 Å². The summed E-state index contributed by atoms with van der Waals surface area (Å²) in [6, 6.07) is 11.3. The van der Waals surface area contributed by atoms with E-state index in [9.17, 15) is 9.59 Å². The van der Waals surface area contributed by atoms with Crippen molar-refractivity contribution in [3.63, 3.8) is 0 Å². The zero-order valence-corrected chi connectivity index (χ0v) is 14.1. The van der Waals surface area contributed by atoms with Gasteiger partial charge in [0.25, 0.3) is 5.91 Å². The minimum Gasteiger partial charge on any atom is -0.492 e. The van der Waals surface area contributed by atoms with Gasteiger partial charge < -0.3 is 15.0 Å². The number of likely N-dealkylation sites (N-methyl/N-ethyl adjacent to an activating group) is 1. The van der Waals surface area contributed by atoms with E-state index in [1.54, 1.807) is 24.1 Å². The van der Waals surface area contributed by atoms with E-state index in [2.05, 4.69) is 5.32 Å². The molecule has 0 atom stereocenters. The van der Waals surface area contributed by atoms with E-state index in [1.807, 2.05) is 36.6 Å². The predicted octanol–water partition coefficient (Wildman–Crippen LogP) is 2.32. The van der Waals surface area contributed by atoms with Crippen molar-refractivity contribution in [3.05, 3.63) is 52.2 Å². The minimum atomic E-state index is -0.224. The van der Waals surface area contributed by atoms with Gasteiger partial charge in [-0.15, -0.1) is 11.3 Å². The number of thiophene rings is 1. The van der Waals surface area contributed by atoms with Crippen molar-refractivity contribution in [2.24, 2.45) is 0 Å². The third-order valence-electron chi connectivity index (χ3n) is 3.26. The molecule has 2 aromatic rings. The van der Waals surface area contributed by atoms with Crippen molar-refractivity contribution in [2.75, 3.05) is 26.7 Å². The summed E-state index contributed by atoms with van der Waals surface area (Å²) in [5, 5.41) is 4.45. The second kappa shape index (κ2) is 8.33. The molecule has 0 fully saturated rings. The quantitative estimate of drug-likeness (QED) is 0.846. The Hall–Kier alpha value is -2.34. The minimum absolute atomic E-state index is 0.0162. The van der Waals surface area contributed by atoms with Crippen LogP contribution in [0.2, 0.25) is 0 Å². The van der Waals surface area contributed by atoms with Gasteiger partial charge in [-0.3, -0.25) is 9.59 Å². The molecule has 0 radical (unpaired) electrons. The fourth-order valence-electron chi connectivity index (χ4n) is 1.92. The summed E-state index contributed by atoms with van der Waals surface area (Å²) in [5.74, 6) is 0.414. The fraction of sp³-hybridized carbons (Fsp3) is 0.294. The molecule has 122 valence electrons. The van der Waals surface area contributed by atoms with Crippen molar-refractivity contribution in [1.82, 2.24) is 10.2 Å². The molecule has 0 aliphatic heterocycles. The van der Waals surface area contributed by atoms with Crippen LogP contribution in [0.15, 0.2) is 41.8 Å². The molecule has 0 aliphatic carbocycles. The van der Waals surface area contributed by atoms with E-state index in [4.69, 9.17) is 4.74 Å². The average molecular weight is 332 g/mol. The van der Waals surface area contributed by atoms with Crippen molar-refractivity contribution in [3.8, 4) is 5.75 Å². The highest BCUT2D eigenvalue weighted by molar-refractivity contribution is 7.12. The zero-order chi connectivity index (χ0) is 16.7. The molecule has 2 amide bonds. The van der Waals surface area contributed by atoms with Crippen molar-refractivity contribution in [2.45, 2.75) is 6.92 Å². The molecule has 0 spiro atoms. The Morgan fingerprint density at radius 2 is 2.09 bits per heavy atom. The van der Waals surface area contributed by atoms with Crippen LogP contribution in [-0.2, 0) is 4.79 Å². The lowest BCUT2D eigenvalue weighted by molar-refractivity contribution is -0.129. The second-order valence-electron chi connectivity index (χ2n) is 5.14. The van der Waals surface area contributed by atoms with Crippen molar-refractivity contribution in [1.29, 1.82) is 0 Å². The van der Waals surface area contributed by atoms with Crippen LogP contribution < -0.4 is 10.1 Å². The molecule has 0 saturated heterocycles. The first-order chi connectivity index (χ1) is 11.1. The maximum atomic E-state index is 12.0. The van der Waals surface area contributed by atoms with Gasteiger partial charge >= 0.3 is 0 Å². The summed E-state index contributed by atoms with van der Waals surface area (Å²) >= 11 is 1.35. The Kier molecular flexibility index (Phi) is 6.17. The van der Waals surface area contributed by atoms with E-state index < -0.39 is 0 Å². The van der Waals surface area contributed by atoms with Gasteiger partial charge in [-0.05, 0) is 36.1 Å². The molecule has 0 unspecified atom stereocenters. The Labute approximate surface area is 139 Å². The first kappa shape index (κ1) is 17.0. The lowest BCUT2D eigenvalue weighted by Crippen LogP contribution is -2.39. The molecule has 1 aromatic heterocycles. The number of carbonyl (C=O) groups excluding carboxylic acids is 2. The highest BCUT2D eigenvalue weighted by Crippen LogP contribution is 2.12. The predicted molar refractivity (Wildman–Crippen MR) is 91.0 cm³/mol. The second-order valence-corrected chi connectivity index (χ2v) is 6.09. The monoisotopic (exact) mass is 332 g/mol.